The standard InChI is InChI=1S/C15H22N2O3/c1-3-20-15(19)14-10-16-7-8-17(14)11(2)12-5-4-6-13(18)9-12/h4-6,9,11,14,16,18H,3,7-8,10H2,1-2H3. The van der Waals surface area contributed by atoms with Gasteiger partial charge in [0.05, 0.1) is 6.61 Å². The van der Waals surface area contributed by atoms with Crippen molar-refractivity contribution in [3.63, 3.8) is 0 Å². The highest BCUT2D eigenvalue weighted by Crippen LogP contribution is 2.26. The van der Waals surface area contributed by atoms with Crippen molar-refractivity contribution in [2.24, 2.45) is 0 Å². The molecule has 2 atom stereocenters. The van der Waals surface area contributed by atoms with Gasteiger partial charge in [-0.1, -0.05) is 12.1 Å². The number of phenols is 1. The lowest BCUT2D eigenvalue weighted by Gasteiger charge is -2.38. The Hall–Kier alpha value is -1.59. The number of nitrogens with one attached hydrogen (secondary N) is 1. The molecule has 2 rings (SSSR count). The Morgan fingerprint density at radius 1 is 1.60 bits per heavy atom. The number of piperazine rings is 1. The summed E-state index contributed by atoms with van der Waals surface area (Å²) in [5, 5.41) is 12.8. The van der Waals surface area contributed by atoms with Crippen LogP contribution in [0.2, 0.25) is 0 Å². The monoisotopic (exact) mass is 278 g/mol. The molecular weight excluding hydrogens is 256 g/mol. The van der Waals surface area contributed by atoms with Crippen LogP contribution in [-0.4, -0.2) is 48.3 Å². The van der Waals surface area contributed by atoms with E-state index in [1.54, 1.807) is 12.1 Å². The first-order chi connectivity index (χ1) is 9.63. The summed E-state index contributed by atoms with van der Waals surface area (Å²) in [4.78, 5) is 14.2. The quantitative estimate of drug-likeness (QED) is 0.813. The van der Waals surface area contributed by atoms with Gasteiger partial charge in [-0.2, -0.15) is 0 Å². The van der Waals surface area contributed by atoms with Crippen LogP contribution in [0.15, 0.2) is 24.3 Å². The molecule has 0 spiro atoms. The fourth-order valence-corrected chi connectivity index (χ4v) is 2.62. The number of carbonyl (C=O) groups excluding carboxylic acids is 1. The molecule has 1 fully saturated rings. The minimum absolute atomic E-state index is 0.0543. The maximum absolute atomic E-state index is 12.1. The predicted octanol–water partition coefficient (Wildman–Crippen LogP) is 1.29. The molecule has 1 aromatic rings. The van der Waals surface area contributed by atoms with E-state index >= 15 is 0 Å². The van der Waals surface area contributed by atoms with Gasteiger partial charge in [0.1, 0.15) is 11.8 Å². The Labute approximate surface area is 119 Å². The molecule has 20 heavy (non-hydrogen) atoms. The van der Waals surface area contributed by atoms with Crippen LogP contribution in [0.5, 0.6) is 5.75 Å². The molecule has 2 N–H and O–H groups in total. The molecule has 0 aromatic heterocycles. The number of rotatable bonds is 4. The van der Waals surface area contributed by atoms with Crippen molar-refractivity contribution in [2.45, 2.75) is 25.9 Å². The van der Waals surface area contributed by atoms with E-state index in [1.165, 1.54) is 0 Å². The zero-order valence-corrected chi connectivity index (χ0v) is 12.0. The summed E-state index contributed by atoms with van der Waals surface area (Å²) in [7, 11) is 0. The Kier molecular flexibility index (Phi) is 4.98. The molecule has 0 bridgehead atoms. The molecule has 1 aromatic carbocycles. The maximum atomic E-state index is 12.1. The van der Waals surface area contributed by atoms with E-state index in [2.05, 4.69) is 10.2 Å². The van der Waals surface area contributed by atoms with Crippen LogP contribution in [0.25, 0.3) is 0 Å². The Morgan fingerprint density at radius 3 is 3.10 bits per heavy atom. The largest absolute Gasteiger partial charge is 0.508 e. The number of carbonyl (C=O) groups is 1. The highest BCUT2D eigenvalue weighted by Gasteiger charge is 2.33. The molecule has 5 heteroatoms. The summed E-state index contributed by atoms with van der Waals surface area (Å²) < 4.78 is 5.15. The normalized spacial score (nSPS) is 21.4. The van der Waals surface area contributed by atoms with Crippen molar-refractivity contribution in [3.05, 3.63) is 29.8 Å². The summed E-state index contributed by atoms with van der Waals surface area (Å²) in [5.74, 6) is 0.0591. The molecule has 0 radical (unpaired) electrons. The van der Waals surface area contributed by atoms with Gasteiger partial charge in [-0.3, -0.25) is 9.69 Å². The van der Waals surface area contributed by atoms with Gasteiger partial charge in [-0.25, -0.2) is 0 Å². The van der Waals surface area contributed by atoms with E-state index in [0.29, 0.717) is 13.2 Å². The second kappa shape index (κ2) is 6.72. The minimum atomic E-state index is -0.277. The van der Waals surface area contributed by atoms with Gasteiger partial charge >= 0.3 is 5.97 Å². The van der Waals surface area contributed by atoms with Crippen molar-refractivity contribution in [3.8, 4) is 5.75 Å². The van der Waals surface area contributed by atoms with Crippen molar-refractivity contribution < 1.29 is 14.6 Å². The van der Waals surface area contributed by atoms with Crippen LogP contribution in [0, 0.1) is 0 Å². The molecular formula is C15H22N2O3. The number of nitrogens with zero attached hydrogens (tertiary/aromatic N) is 1. The lowest BCUT2D eigenvalue weighted by molar-refractivity contribution is -0.151. The zero-order valence-electron chi connectivity index (χ0n) is 12.0. The number of phenolic OH excluding ortho intramolecular Hbond substituents is 1. The maximum Gasteiger partial charge on any atom is 0.324 e. The lowest BCUT2D eigenvalue weighted by atomic mass is 10.0. The molecule has 0 saturated carbocycles. The second-order valence-electron chi connectivity index (χ2n) is 4.98. The predicted molar refractivity (Wildman–Crippen MR) is 76.5 cm³/mol. The van der Waals surface area contributed by atoms with Crippen LogP contribution >= 0.6 is 0 Å². The van der Waals surface area contributed by atoms with Gasteiger partial charge in [0.25, 0.3) is 0 Å². The van der Waals surface area contributed by atoms with Crippen molar-refractivity contribution in [2.75, 3.05) is 26.2 Å². The van der Waals surface area contributed by atoms with E-state index in [-0.39, 0.29) is 23.8 Å². The summed E-state index contributed by atoms with van der Waals surface area (Å²) in [6.07, 6.45) is 0. The number of hydrogen-bond acceptors (Lipinski definition) is 5. The van der Waals surface area contributed by atoms with Crippen LogP contribution < -0.4 is 5.32 Å². The first-order valence-electron chi connectivity index (χ1n) is 7.05. The molecule has 2 unspecified atom stereocenters. The number of hydrogen-bond donors (Lipinski definition) is 2. The fraction of sp³-hybridized carbons (Fsp3) is 0.533. The van der Waals surface area contributed by atoms with Gasteiger partial charge in [-0.05, 0) is 31.5 Å². The molecule has 1 aliphatic heterocycles. The minimum Gasteiger partial charge on any atom is -0.508 e. The fourth-order valence-electron chi connectivity index (χ4n) is 2.62. The van der Waals surface area contributed by atoms with Crippen molar-refractivity contribution >= 4 is 5.97 Å². The number of esters is 1. The van der Waals surface area contributed by atoms with Crippen LogP contribution in [0.4, 0.5) is 0 Å². The molecule has 1 saturated heterocycles. The Bertz CT molecular complexity index is 464. The van der Waals surface area contributed by atoms with E-state index < -0.39 is 0 Å². The van der Waals surface area contributed by atoms with E-state index in [1.807, 2.05) is 26.0 Å². The Balaban J connectivity index is 2.16. The third-order valence-corrected chi connectivity index (χ3v) is 3.69. The second-order valence-corrected chi connectivity index (χ2v) is 4.98. The van der Waals surface area contributed by atoms with Gasteiger partial charge in [0.15, 0.2) is 0 Å². The summed E-state index contributed by atoms with van der Waals surface area (Å²) in [5.41, 5.74) is 1.00. The van der Waals surface area contributed by atoms with E-state index in [4.69, 9.17) is 4.74 Å². The topological polar surface area (TPSA) is 61.8 Å². The molecule has 0 amide bonds. The highest BCUT2D eigenvalue weighted by atomic mass is 16.5. The molecule has 0 aliphatic carbocycles. The smallest absolute Gasteiger partial charge is 0.324 e. The van der Waals surface area contributed by atoms with Gasteiger partial charge in [0.2, 0.25) is 0 Å². The number of benzene rings is 1. The van der Waals surface area contributed by atoms with Crippen LogP contribution in [0.1, 0.15) is 25.5 Å². The van der Waals surface area contributed by atoms with Gasteiger partial charge in [0, 0.05) is 25.7 Å². The zero-order chi connectivity index (χ0) is 14.5. The molecule has 1 heterocycles. The number of aromatic hydroxyl groups is 1. The van der Waals surface area contributed by atoms with Gasteiger partial charge < -0.3 is 15.2 Å². The molecule has 5 nitrogen and oxygen atoms in total. The number of ether oxygens (including phenoxy) is 1. The first-order valence-corrected chi connectivity index (χ1v) is 7.05. The van der Waals surface area contributed by atoms with Gasteiger partial charge in [-0.15, -0.1) is 0 Å². The van der Waals surface area contributed by atoms with E-state index in [9.17, 15) is 9.90 Å². The average molecular weight is 278 g/mol. The van der Waals surface area contributed by atoms with Crippen LogP contribution in [-0.2, 0) is 9.53 Å². The lowest BCUT2D eigenvalue weighted by Crippen LogP contribution is -2.55. The summed E-state index contributed by atoms with van der Waals surface area (Å²) in [6.45, 7) is 6.48. The third-order valence-electron chi connectivity index (χ3n) is 3.69. The first kappa shape index (κ1) is 14.8. The molecule has 1 aliphatic rings. The van der Waals surface area contributed by atoms with Crippen molar-refractivity contribution in [1.82, 2.24) is 10.2 Å². The summed E-state index contributed by atoms with van der Waals surface area (Å²) >= 11 is 0. The Morgan fingerprint density at radius 2 is 2.40 bits per heavy atom. The summed E-state index contributed by atoms with van der Waals surface area (Å²) in [6, 6.07) is 6.96. The SMILES string of the molecule is CCOC(=O)C1CNCCN1C(C)c1cccc(O)c1. The highest BCUT2D eigenvalue weighted by molar-refractivity contribution is 5.76. The third kappa shape index (κ3) is 3.29. The van der Waals surface area contributed by atoms with Crippen molar-refractivity contribution in [1.29, 1.82) is 0 Å². The molecule has 110 valence electrons. The average Bonchev–Trinajstić information content (AvgIpc) is 2.47. The van der Waals surface area contributed by atoms with E-state index in [0.717, 1.165) is 18.7 Å². The van der Waals surface area contributed by atoms with Crippen LogP contribution in [0.3, 0.4) is 0 Å².